The van der Waals surface area contributed by atoms with Gasteiger partial charge >= 0.3 is 12.2 Å². The molecule has 2 aromatic rings. The number of benzene rings is 1. The molecule has 2 rings (SSSR count). The smallest absolute Gasteiger partial charge is 0.405 e. The predicted molar refractivity (Wildman–Crippen MR) is 110 cm³/mol. The van der Waals surface area contributed by atoms with Gasteiger partial charge < -0.3 is 26.2 Å². The molecule has 0 aliphatic rings. The van der Waals surface area contributed by atoms with Crippen LogP contribution in [0.3, 0.4) is 0 Å². The molecule has 0 aliphatic carbocycles. The third-order valence-corrected chi connectivity index (χ3v) is 4.27. The first-order valence-corrected chi connectivity index (χ1v) is 9.67. The molecule has 1 atom stereocenters. The highest BCUT2D eigenvalue weighted by Crippen LogP contribution is 2.16. The Kier molecular flexibility index (Phi) is 9.18. The molecule has 0 spiro atoms. The molecule has 1 aromatic heterocycles. The summed E-state index contributed by atoms with van der Waals surface area (Å²) in [5.74, 6) is -3.61. The highest BCUT2D eigenvalue weighted by Gasteiger charge is 2.21. The average Bonchev–Trinajstić information content (AvgIpc) is 2.76. The zero-order chi connectivity index (χ0) is 25.3. The molecule has 0 saturated carbocycles. The van der Waals surface area contributed by atoms with Crippen LogP contribution in [0.1, 0.15) is 30.4 Å². The van der Waals surface area contributed by atoms with Gasteiger partial charge in [0.25, 0.3) is 11.9 Å². The van der Waals surface area contributed by atoms with Gasteiger partial charge in [0.1, 0.15) is 11.6 Å². The average molecular weight is 482 g/mol. The number of unbranched alkanes of at least 4 members (excludes halogenated alkanes) is 1. The van der Waals surface area contributed by atoms with E-state index in [1.807, 2.05) is 5.92 Å². The van der Waals surface area contributed by atoms with Crippen LogP contribution in [-0.2, 0) is 4.79 Å². The first-order valence-electron chi connectivity index (χ1n) is 9.67. The lowest BCUT2D eigenvalue weighted by Gasteiger charge is -2.17. The van der Waals surface area contributed by atoms with E-state index in [2.05, 4.69) is 26.9 Å². The lowest BCUT2D eigenvalue weighted by molar-refractivity contribution is -0.118. The fourth-order valence-electron chi connectivity index (χ4n) is 2.72. The Hall–Kier alpha value is -4.34. The van der Waals surface area contributed by atoms with E-state index in [0.29, 0.717) is 12.8 Å². The molecule has 0 saturated heterocycles. The summed E-state index contributed by atoms with van der Waals surface area (Å²) in [6.07, 6.45) is -1.86. The predicted octanol–water partition coefficient (Wildman–Crippen LogP) is 3.05. The standard InChI is InChI=1S/C21H18F4N4O5/c22-15-13(16(23)18(25)29-17(15)24)8-7-11-4-3-5-12(10-11)27-19(30)14(28-21(33)34)6-1-2-9-26-20(31)32/h3-5,10,14,26,28H,1-2,6,9H2,(H,27,30)(H,31,32)(H,33,34). The van der Waals surface area contributed by atoms with Crippen LogP contribution in [0.25, 0.3) is 0 Å². The maximum Gasteiger partial charge on any atom is 0.405 e. The zero-order valence-corrected chi connectivity index (χ0v) is 17.3. The number of hydrogen-bond acceptors (Lipinski definition) is 4. The van der Waals surface area contributed by atoms with Crippen molar-refractivity contribution in [2.24, 2.45) is 0 Å². The normalized spacial score (nSPS) is 11.1. The topological polar surface area (TPSA) is 141 Å². The Labute approximate surface area is 190 Å². The molecule has 9 nitrogen and oxygen atoms in total. The van der Waals surface area contributed by atoms with Crippen molar-refractivity contribution in [3.05, 3.63) is 58.9 Å². The summed E-state index contributed by atoms with van der Waals surface area (Å²) >= 11 is 0. The highest BCUT2D eigenvalue weighted by molar-refractivity contribution is 5.96. The van der Waals surface area contributed by atoms with Gasteiger partial charge in [-0.25, -0.2) is 18.4 Å². The SMILES string of the molecule is O=C(O)NCCCCC(NC(=O)O)C(=O)Nc1cccc(C#Cc2c(F)c(F)nc(F)c2F)c1. The quantitative estimate of drug-likeness (QED) is 0.170. The van der Waals surface area contributed by atoms with Crippen LogP contribution in [0, 0.1) is 35.4 Å². The third-order valence-electron chi connectivity index (χ3n) is 4.27. The van der Waals surface area contributed by atoms with Gasteiger partial charge in [0.05, 0.1) is 0 Å². The Balaban J connectivity index is 2.12. The summed E-state index contributed by atoms with van der Waals surface area (Å²) in [6, 6.07) is 4.41. The van der Waals surface area contributed by atoms with Gasteiger partial charge in [-0.1, -0.05) is 17.9 Å². The molecule has 3 amide bonds. The molecule has 34 heavy (non-hydrogen) atoms. The summed E-state index contributed by atoms with van der Waals surface area (Å²) in [5.41, 5.74) is -0.867. The first-order chi connectivity index (χ1) is 16.1. The largest absolute Gasteiger partial charge is 0.465 e. The minimum atomic E-state index is -1.85. The molecule has 0 bridgehead atoms. The Bertz CT molecular complexity index is 1120. The van der Waals surface area contributed by atoms with Crippen molar-refractivity contribution in [1.29, 1.82) is 0 Å². The van der Waals surface area contributed by atoms with Gasteiger partial charge in [0.15, 0.2) is 11.6 Å². The fourth-order valence-corrected chi connectivity index (χ4v) is 2.72. The molecule has 180 valence electrons. The second-order valence-corrected chi connectivity index (χ2v) is 6.75. The van der Waals surface area contributed by atoms with Crippen LogP contribution >= 0.6 is 0 Å². The van der Waals surface area contributed by atoms with Crippen LogP contribution in [0.5, 0.6) is 0 Å². The molecule has 0 fully saturated rings. The van der Waals surface area contributed by atoms with E-state index >= 15 is 0 Å². The second-order valence-electron chi connectivity index (χ2n) is 6.75. The highest BCUT2D eigenvalue weighted by atomic mass is 19.2. The first kappa shape index (κ1) is 25.9. The fraction of sp³-hybridized carbons (Fsp3) is 0.238. The second kappa shape index (κ2) is 12.0. The van der Waals surface area contributed by atoms with Gasteiger partial charge in [-0.05, 0) is 37.5 Å². The van der Waals surface area contributed by atoms with Crippen molar-refractivity contribution in [2.45, 2.75) is 25.3 Å². The monoisotopic (exact) mass is 482 g/mol. The lowest BCUT2D eigenvalue weighted by Crippen LogP contribution is -2.43. The van der Waals surface area contributed by atoms with E-state index < -0.39 is 53.2 Å². The molecular formula is C21H18F4N4O5. The number of anilines is 1. The number of hydrogen-bond donors (Lipinski definition) is 5. The molecular weight excluding hydrogens is 464 g/mol. The Morgan fingerprint density at radius 3 is 2.26 bits per heavy atom. The summed E-state index contributed by atoms with van der Waals surface area (Å²) in [5, 5.41) is 24.2. The summed E-state index contributed by atoms with van der Waals surface area (Å²) < 4.78 is 53.8. The van der Waals surface area contributed by atoms with Gasteiger partial charge in [0.2, 0.25) is 5.91 Å². The molecule has 5 N–H and O–H groups in total. The minimum Gasteiger partial charge on any atom is -0.465 e. The van der Waals surface area contributed by atoms with Crippen molar-refractivity contribution < 1.29 is 42.2 Å². The van der Waals surface area contributed by atoms with E-state index in [0.717, 1.165) is 0 Å². The summed E-state index contributed by atoms with van der Waals surface area (Å²) in [6.45, 7) is 0.129. The van der Waals surface area contributed by atoms with Crippen molar-refractivity contribution in [3.8, 4) is 11.8 Å². The van der Waals surface area contributed by atoms with E-state index in [1.165, 1.54) is 24.3 Å². The molecule has 1 heterocycles. The summed E-state index contributed by atoms with van der Waals surface area (Å²) in [4.78, 5) is 36.4. The lowest BCUT2D eigenvalue weighted by atomic mass is 10.1. The molecule has 13 heteroatoms. The van der Waals surface area contributed by atoms with Crippen LogP contribution in [0.4, 0.5) is 32.8 Å². The van der Waals surface area contributed by atoms with Gasteiger partial charge in [-0.2, -0.15) is 13.8 Å². The molecule has 1 aromatic carbocycles. The number of carbonyl (C=O) groups is 3. The van der Waals surface area contributed by atoms with E-state index in [9.17, 15) is 31.9 Å². The van der Waals surface area contributed by atoms with Gasteiger partial charge in [0, 0.05) is 17.8 Å². The third kappa shape index (κ3) is 7.66. The van der Waals surface area contributed by atoms with Crippen molar-refractivity contribution in [1.82, 2.24) is 15.6 Å². The number of halogens is 4. The van der Waals surface area contributed by atoms with Crippen molar-refractivity contribution in [3.63, 3.8) is 0 Å². The van der Waals surface area contributed by atoms with Crippen LogP contribution in [-0.4, -0.2) is 45.9 Å². The van der Waals surface area contributed by atoms with Crippen LogP contribution in [0.2, 0.25) is 0 Å². The maximum absolute atomic E-state index is 13.7. The number of carbonyl (C=O) groups excluding carboxylic acids is 1. The number of nitrogens with zero attached hydrogens (tertiary/aromatic N) is 1. The number of amides is 3. The Morgan fingerprint density at radius 1 is 0.971 bits per heavy atom. The zero-order valence-electron chi connectivity index (χ0n) is 17.3. The maximum atomic E-state index is 13.7. The van der Waals surface area contributed by atoms with Crippen molar-refractivity contribution >= 4 is 23.8 Å². The van der Waals surface area contributed by atoms with Crippen molar-refractivity contribution in [2.75, 3.05) is 11.9 Å². The molecule has 0 aliphatic heterocycles. The molecule has 0 radical (unpaired) electrons. The number of pyridine rings is 1. The summed E-state index contributed by atoms with van der Waals surface area (Å²) in [7, 11) is 0. The minimum absolute atomic E-state index is 0.0800. The van der Waals surface area contributed by atoms with E-state index in [4.69, 9.17) is 10.2 Å². The van der Waals surface area contributed by atoms with E-state index in [1.54, 1.807) is 0 Å². The van der Waals surface area contributed by atoms with Crippen LogP contribution in [0.15, 0.2) is 24.3 Å². The van der Waals surface area contributed by atoms with Crippen LogP contribution < -0.4 is 16.0 Å². The van der Waals surface area contributed by atoms with E-state index in [-0.39, 0.29) is 24.2 Å². The Morgan fingerprint density at radius 2 is 1.65 bits per heavy atom. The number of aromatic nitrogens is 1. The van der Waals surface area contributed by atoms with Gasteiger partial charge in [-0.3, -0.25) is 4.79 Å². The number of rotatable bonds is 8. The number of nitrogens with one attached hydrogen (secondary N) is 3. The molecule has 1 unspecified atom stereocenters. The number of carboxylic acid groups (broad SMARTS) is 2. The van der Waals surface area contributed by atoms with Gasteiger partial charge in [-0.15, -0.1) is 0 Å².